The fourth-order valence-corrected chi connectivity index (χ4v) is 5.49. The van der Waals surface area contributed by atoms with Crippen LogP contribution in [0.5, 0.6) is 0 Å². The van der Waals surface area contributed by atoms with E-state index >= 15 is 0 Å². The van der Waals surface area contributed by atoms with Crippen molar-refractivity contribution in [2.24, 2.45) is 0 Å². The van der Waals surface area contributed by atoms with Crippen LogP contribution in [0.2, 0.25) is 0 Å². The molecule has 0 atom stereocenters. The Morgan fingerprint density at radius 2 is 1.34 bits per heavy atom. The lowest BCUT2D eigenvalue weighted by molar-refractivity contribution is 0.654. The number of hydrogen-bond donors (Lipinski definition) is 0. The molecule has 0 fully saturated rings. The van der Waals surface area contributed by atoms with E-state index in [9.17, 15) is 0 Å². The van der Waals surface area contributed by atoms with Gasteiger partial charge in [-0.05, 0) is 85.1 Å². The van der Waals surface area contributed by atoms with Gasteiger partial charge >= 0.3 is 0 Å². The van der Waals surface area contributed by atoms with E-state index in [1.54, 1.807) is 0 Å². The van der Waals surface area contributed by atoms with Crippen molar-refractivity contribution in [2.45, 2.75) is 19.3 Å². The summed E-state index contributed by atoms with van der Waals surface area (Å²) in [6.07, 6.45) is 9.63. The average Bonchev–Trinajstić information content (AvgIpc) is 3.13. The first-order valence-electron chi connectivity index (χ1n) is 11.9. The van der Waals surface area contributed by atoms with Gasteiger partial charge in [-0.1, -0.05) is 58.4 Å². The quantitative estimate of drug-likeness (QED) is 0.245. The number of fused-ring (bicyclic) bond motifs is 2. The lowest BCUT2D eigenvalue weighted by Gasteiger charge is -2.28. The summed E-state index contributed by atoms with van der Waals surface area (Å²) in [6, 6.07) is 34.8. The second kappa shape index (κ2) is 8.50. The van der Waals surface area contributed by atoms with Crippen molar-refractivity contribution in [1.82, 2.24) is 0 Å². The van der Waals surface area contributed by atoms with Gasteiger partial charge in [0, 0.05) is 33.2 Å². The molecule has 0 aliphatic heterocycles. The molecule has 0 spiro atoms. The Hall–Kier alpha value is -3.71. The van der Waals surface area contributed by atoms with Crippen LogP contribution in [0.1, 0.15) is 25.0 Å². The van der Waals surface area contributed by atoms with Crippen LogP contribution in [-0.2, 0) is 5.41 Å². The van der Waals surface area contributed by atoms with Gasteiger partial charge < -0.3 is 4.90 Å². The smallest absolute Gasteiger partial charge is 0.107 e. The van der Waals surface area contributed by atoms with E-state index in [1.165, 1.54) is 33.4 Å². The molecule has 6 rings (SSSR count). The summed E-state index contributed by atoms with van der Waals surface area (Å²) in [6.45, 7) is 4.63. The van der Waals surface area contributed by atoms with E-state index in [0.29, 0.717) is 0 Å². The van der Waals surface area contributed by atoms with E-state index in [4.69, 9.17) is 0 Å². The predicted molar refractivity (Wildman–Crippen MR) is 151 cm³/mol. The number of nitrogens with zero attached hydrogens (tertiary/aromatic N) is 1. The first kappa shape index (κ1) is 21.8. The zero-order valence-electron chi connectivity index (χ0n) is 19.8. The fourth-order valence-electron chi connectivity index (χ4n) is 5.22. The number of anilines is 3. The molecule has 2 aliphatic carbocycles. The van der Waals surface area contributed by atoms with Crippen LogP contribution in [0.3, 0.4) is 0 Å². The molecule has 4 aromatic carbocycles. The molecule has 0 saturated carbocycles. The van der Waals surface area contributed by atoms with Crippen LogP contribution in [0, 0.1) is 6.08 Å². The summed E-state index contributed by atoms with van der Waals surface area (Å²) in [5.41, 5.74) is 11.1. The molecule has 0 unspecified atom stereocenters. The second-order valence-electron chi connectivity index (χ2n) is 9.55. The van der Waals surface area contributed by atoms with Crippen molar-refractivity contribution in [3.8, 4) is 11.1 Å². The molecule has 35 heavy (non-hydrogen) atoms. The number of benzene rings is 4. The third-order valence-electron chi connectivity index (χ3n) is 7.08. The minimum absolute atomic E-state index is 0.0685. The van der Waals surface area contributed by atoms with E-state index in [0.717, 1.165) is 21.5 Å². The summed E-state index contributed by atoms with van der Waals surface area (Å²) >= 11 is 3.59. The van der Waals surface area contributed by atoms with Gasteiger partial charge in [-0.25, -0.2) is 0 Å². The molecule has 4 aromatic rings. The Morgan fingerprint density at radius 1 is 0.714 bits per heavy atom. The van der Waals surface area contributed by atoms with Gasteiger partial charge in [0.1, 0.15) is 12.2 Å². The maximum atomic E-state index is 3.59. The van der Waals surface area contributed by atoms with Crippen LogP contribution in [-0.4, -0.2) is 0 Å². The van der Waals surface area contributed by atoms with Gasteiger partial charge in [0.05, 0.1) is 22.6 Å². The highest BCUT2D eigenvalue weighted by molar-refractivity contribution is 9.10. The maximum absolute atomic E-state index is 3.59. The van der Waals surface area contributed by atoms with Crippen LogP contribution in [0.15, 0.2) is 125 Å². The SMILES string of the molecule is CC1(C)C2=C(C=C[C+]=C2)c2ccc(N(c3ccc(Br)cc3)c3ccc(-c4ccccc4)cc3)cc21. The normalized spacial score (nSPS) is 14.9. The highest BCUT2D eigenvalue weighted by Crippen LogP contribution is 2.50. The monoisotopic (exact) mass is 514 g/mol. The average molecular weight is 515 g/mol. The number of hydrogen-bond acceptors (Lipinski definition) is 1. The van der Waals surface area contributed by atoms with Gasteiger partial charge in [0.2, 0.25) is 0 Å². The van der Waals surface area contributed by atoms with Crippen LogP contribution in [0.25, 0.3) is 16.7 Å². The summed E-state index contributed by atoms with van der Waals surface area (Å²) in [5.74, 6) is 0. The molecule has 0 heterocycles. The van der Waals surface area contributed by atoms with Gasteiger partial charge in [-0.3, -0.25) is 0 Å². The number of halogens is 1. The lowest BCUT2D eigenvalue weighted by Crippen LogP contribution is -2.17. The molecule has 168 valence electrons. The van der Waals surface area contributed by atoms with Crippen molar-refractivity contribution >= 4 is 38.6 Å². The Morgan fingerprint density at radius 3 is 2.06 bits per heavy atom. The van der Waals surface area contributed by atoms with E-state index in [-0.39, 0.29) is 5.41 Å². The summed E-state index contributed by atoms with van der Waals surface area (Å²) in [5, 5.41) is 0. The van der Waals surface area contributed by atoms with Crippen molar-refractivity contribution < 1.29 is 0 Å². The van der Waals surface area contributed by atoms with Crippen molar-refractivity contribution in [2.75, 3.05) is 4.90 Å². The first-order chi connectivity index (χ1) is 17.0. The number of allylic oxidation sites excluding steroid dienone is 6. The molecule has 0 radical (unpaired) electrons. The molecular formula is C33H25BrN+. The maximum Gasteiger partial charge on any atom is 0.107 e. The minimum Gasteiger partial charge on any atom is -0.310 e. The highest BCUT2D eigenvalue weighted by Gasteiger charge is 2.42. The second-order valence-corrected chi connectivity index (χ2v) is 10.5. The molecule has 0 saturated heterocycles. The lowest BCUT2D eigenvalue weighted by atomic mass is 9.80. The Kier molecular flexibility index (Phi) is 5.29. The zero-order valence-corrected chi connectivity index (χ0v) is 21.4. The van der Waals surface area contributed by atoms with E-state index < -0.39 is 0 Å². The van der Waals surface area contributed by atoms with Crippen molar-refractivity contribution in [1.29, 1.82) is 0 Å². The molecule has 0 N–H and O–H groups in total. The molecular weight excluding hydrogens is 490 g/mol. The molecule has 0 bridgehead atoms. The fraction of sp³-hybridized carbons (Fsp3) is 0.0909. The van der Waals surface area contributed by atoms with Gasteiger partial charge in [-0.2, -0.15) is 0 Å². The predicted octanol–water partition coefficient (Wildman–Crippen LogP) is 9.56. The Bertz CT molecular complexity index is 1490. The Balaban J connectivity index is 1.46. The van der Waals surface area contributed by atoms with Crippen molar-refractivity contribution in [3.63, 3.8) is 0 Å². The van der Waals surface area contributed by atoms with Gasteiger partial charge in [0.25, 0.3) is 0 Å². The zero-order chi connectivity index (χ0) is 24.0. The van der Waals surface area contributed by atoms with Gasteiger partial charge in [-0.15, -0.1) is 0 Å². The van der Waals surface area contributed by atoms with Gasteiger partial charge in [0.15, 0.2) is 0 Å². The van der Waals surface area contributed by atoms with Crippen LogP contribution >= 0.6 is 15.9 Å². The molecule has 0 aromatic heterocycles. The molecule has 1 nitrogen and oxygen atoms in total. The van der Waals surface area contributed by atoms with E-state index in [1.807, 2.05) is 6.08 Å². The minimum atomic E-state index is -0.0685. The summed E-state index contributed by atoms with van der Waals surface area (Å²) in [7, 11) is 0. The van der Waals surface area contributed by atoms with Crippen molar-refractivity contribution in [3.05, 3.63) is 143 Å². The first-order valence-corrected chi connectivity index (χ1v) is 12.7. The Labute approximate surface area is 215 Å². The standard InChI is InChI=1S/C33H25BrN/c1-33(2)31-11-7-6-10-29(31)30-21-20-28(22-32(30)33)35(27-18-14-25(34)15-19-27)26-16-12-24(13-17-26)23-8-4-3-5-9-23/h3-6,8-22H,1-2H3/q+1. The molecule has 2 heteroatoms. The highest BCUT2D eigenvalue weighted by atomic mass is 79.9. The molecule has 0 amide bonds. The largest absolute Gasteiger partial charge is 0.310 e. The molecule has 2 aliphatic rings. The topological polar surface area (TPSA) is 3.24 Å². The number of rotatable bonds is 4. The van der Waals surface area contributed by atoms with Crippen LogP contribution in [0.4, 0.5) is 17.1 Å². The summed E-state index contributed by atoms with van der Waals surface area (Å²) < 4.78 is 1.07. The third-order valence-corrected chi connectivity index (χ3v) is 7.61. The van der Waals surface area contributed by atoms with Crippen LogP contribution < -0.4 is 4.90 Å². The summed E-state index contributed by atoms with van der Waals surface area (Å²) in [4.78, 5) is 2.34. The van der Waals surface area contributed by atoms with E-state index in [2.05, 4.69) is 150 Å². The third kappa shape index (κ3) is 3.76.